The summed E-state index contributed by atoms with van der Waals surface area (Å²) in [5.41, 5.74) is 2.34. The van der Waals surface area contributed by atoms with Crippen LogP contribution >= 0.6 is 27.5 Å². The molecule has 0 saturated heterocycles. The topological polar surface area (TPSA) is 12.4 Å². The summed E-state index contributed by atoms with van der Waals surface area (Å²) in [5, 5.41) is 0.789. The van der Waals surface area contributed by atoms with Crippen molar-refractivity contribution in [2.45, 2.75) is 6.42 Å². The van der Waals surface area contributed by atoms with E-state index < -0.39 is 0 Å². The van der Waals surface area contributed by atoms with Gasteiger partial charge in [-0.15, -0.1) is 0 Å². The maximum atomic E-state index is 6.00. The van der Waals surface area contributed by atoms with Gasteiger partial charge in [0.2, 0.25) is 0 Å². The fourth-order valence-electron chi connectivity index (χ4n) is 1.34. The van der Waals surface area contributed by atoms with E-state index in [1.807, 2.05) is 18.3 Å². The van der Waals surface area contributed by atoms with Crippen molar-refractivity contribution >= 4 is 33.7 Å². The number of hydrogen-bond acceptors (Lipinski definition) is 1. The van der Waals surface area contributed by atoms with Crippen molar-refractivity contribution in [1.29, 1.82) is 0 Å². The Morgan fingerprint density at radius 3 is 3.00 bits per heavy atom. The van der Waals surface area contributed by atoms with E-state index in [1.165, 1.54) is 5.56 Å². The molecule has 12 heavy (non-hydrogen) atoms. The summed E-state index contributed by atoms with van der Waals surface area (Å²) in [6, 6.07) is 3.88. The molecule has 0 atom stereocenters. The summed E-state index contributed by atoms with van der Waals surface area (Å²) in [6.07, 6.45) is 2.83. The van der Waals surface area contributed by atoms with Gasteiger partial charge in [0.05, 0.1) is 0 Å². The minimum atomic E-state index is 0.789. The zero-order valence-electron chi connectivity index (χ0n) is 6.35. The third-order valence-electron chi connectivity index (χ3n) is 1.96. The fraction of sp³-hybridized carbons (Fsp3) is 0.222. The number of halogens is 2. The molecule has 0 N–H and O–H groups in total. The molecule has 0 amide bonds. The molecule has 0 radical (unpaired) electrons. The lowest BCUT2D eigenvalue weighted by atomic mass is 10.0. The van der Waals surface area contributed by atoms with Crippen LogP contribution in [-0.4, -0.2) is 12.8 Å². The van der Waals surface area contributed by atoms with Crippen molar-refractivity contribution in [2.24, 2.45) is 4.99 Å². The van der Waals surface area contributed by atoms with Gasteiger partial charge in [-0.25, -0.2) is 0 Å². The molecule has 1 aromatic rings. The molecule has 1 aromatic carbocycles. The van der Waals surface area contributed by atoms with Crippen LogP contribution in [0, 0.1) is 0 Å². The van der Waals surface area contributed by atoms with Crippen molar-refractivity contribution in [2.75, 3.05) is 6.54 Å². The largest absolute Gasteiger partial charge is 0.292 e. The minimum absolute atomic E-state index is 0.789. The predicted octanol–water partition coefficient (Wildman–Crippen LogP) is 3.08. The van der Waals surface area contributed by atoms with E-state index in [0.29, 0.717) is 0 Å². The second-order valence-electron chi connectivity index (χ2n) is 2.71. The van der Waals surface area contributed by atoms with E-state index in [9.17, 15) is 0 Å². The summed E-state index contributed by atoms with van der Waals surface area (Å²) < 4.78 is 1.13. The van der Waals surface area contributed by atoms with Gasteiger partial charge in [0.1, 0.15) is 0 Å². The van der Waals surface area contributed by atoms with Crippen LogP contribution in [-0.2, 0) is 6.42 Å². The first-order chi connectivity index (χ1) is 5.79. The zero-order valence-corrected chi connectivity index (χ0v) is 8.69. The molecule has 62 valence electrons. The molecule has 3 heteroatoms. The number of rotatable bonds is 0. The predicted molar refractivity (Wildman–Crippen MR) is 55.3 cm³/mol. The Kier molecular flexibility index (Phi) is 2.20. The molecular weight excluding hydrogens is 237 g/mol. The molecule has 1 heterocycles. The molecule has 0 spiro atoms. The maximum absolute atomic E-state index is 6.00. The van der Waals surface area contributed by atoms with Gasteiger partial charge in [-0.2, -0.15) is 0 Å². The Bertz CT molecular complexity index is 347. The molecular formula is C9H7BrClN. The first-order valence-electron chi connectivity index (χ1n) is 3.76. The van der Waals surface area contributed by atoms with Crippen molar-refractivity contribution < 1.29 is 0 Å². The molecule has 0 unspecified atom stereocenters. The summed E-state index contributed by atoms with van der Waals surface area (Å²) in [4.78, 5) is 4.19. The Labute approximate surface area is 84.6 Å². The third-order valence-corrected chi connectivity index (χ3v) is 3.03. The second kappa shape index (κ2) is 3.19. The summed E-state index contributed by atoms with van der Waals surface area (Å²) in [6.45, 7) is 0.867. The average molecular weight is 245 g/mol. The van der Waals surface area contributed by atoms with E-state index in [-0.39, 0.29) is 0 Å². The number of fused-ring (bicyclic) bond motifs is 1. The highest BCUT2D eigenvalue weighted by Gasteiger charge is 2.11. The van der Waals surface area contributed by atoms with E-state index in [2.05, 4.69) is 20.9 Å². The number of hydrogen-bond donors (Lipinski definition) is 0. The van der Waals surface area contributed by atoms with Crippen molar-refractivity contribution in [3.8, 4) is 0 Å². The van der Waals surface area contributed by atoms with Gasteiger partial charge in [-0.05, 0) is 24.1 Å². The highest BCUT2D eigenvalue weighted by Crippen LogP contribution is 2.28. The average Bonchev–Trinajstić information content (AvgIpc) is 2.12. The van der Waals surface area contributed by atoms with Gasteiger partial charge < -0.3 is 0 Å². The van der Waals surface area contributed by atoms with Gasteiger partial charge in [0.25, 0.3) is 0 Å². The van der Waals surface area contributed by atoms with Gasteiger partial charge in [-0.3, -0.25) is 4.99 Å². The Balaban J connectivity index is 2.67. The van der Waals surface area contributed by atoms with Crippen LogP contribution in [0.1, 0.15) is 11.1 Å². The highest BCUT2D eigenvalue weighted by molar-refractivity contribution is 9.10. The van der Waals surface area contributed by atoms with Crippen LogP contribution in [0.15, 0.2) is 21.6 Å². The number of nitrogens with zero attached hydrogens (tertiary/aromatic N) is 1. The Morgan fingerprint density at radius 2 is 2.25 bits per heavy atom. The zero-order chi connectivity index (χ0) is 8.55. The lowest BCUT2D eigenvalue weighted by molar-refractivity contribution is 0.947. The molecule has 1 nitrogen and oxygen atoms in total. The smallest absolute Gasteiger partial charge is 0.0497 e. The summed E-state index contributed by atoms with van der Waals surface area (Å²) in [5.74, 6) is 0. The quantitative estimate of drug-likeness (QED) is 0.665. The molecule has 0 aromatic heterocycles. The van der Waals surface area contributed by atoms with Gasteiger partial charge in [0.15, 0.2) is 0 Å². The molecule has 0 aliphatic carbocycles. The van der Waals surface area contributed by atoms with Crippen LogP contribution in [0.5, 0.6) is 0 Å². The van der Waals surface area contributed by atoms with Gasteiger partial charge in [0, 0.05) is 27.8 Å². The SMILES string of the molecule is Clc1ccc(Br)c2c1C=NCC2. The summed E-state index contributed by atoms with van der Waals surface area (Å²) >= 11 is 9.50. The monoisotopic (exact) mass is 243 g/mol. The van der Waals surface area contributed by atoms with Crippen LogP contribution < -0.4 is 0 Å². The molecule has 1 aliphatic heterocycles. The molecule has 0 bridgehead atoms. The Morgan fingerprint density at radius 1 is 1.42 bits per heavy atom. The van der Waals surface area contributed by atoms with Crippen LogP contribution in [0.3, 0.4) is 0 Å². The first-order valence-corrected chi connectivity index (χ1v) is 4.93. The number of aliphatic imine (C=N–C) groups is 1. The van der Waals surface area contributed by atoms with E-state index >= 15 is 0 Å². The standard InChI is InChI=1S/C9H7BrClN/c10-8-1-2-9(11)7-5-12-4-3-6(7)8/h1-2,5H,3-4H2. The van der Waals surface area contributed by atoms with E-state index in [1.54, 1.807) is 0 Å². The fourth-order valence-corrected chi connectivity index (χ4v) is 2.11. The summed E-state index contributed by atoms with van der Waals surface area (Å²) in [7, 11) is 0. The number of benzene rings is 1. The van der Waals surface area contributed by atoms with Crippen LogP contribution in [0.4, 0.5) is 0 Å². The van der Waals surface area contributed by atoms with Crippen LogP contribution in [0.2, 0.25) is 5.02 Å². The Hall–Kier alpha value is -0.340. The van der Waals surface area contributed by atoms with Gasteiger partial charge in [-0.1, -0.05) is 27.5 Å². The molecule has 0 saturated carbocycles. The van der Waals surface area contributed by atoms with Gasteiger partial charge >= 0.3 is 0 Å². The normalized spacial score (nSPS) is 14.5. The lowest BCUT2D eigenvalue weighted by Crippen LogP contribution is -2.04. The maximum Gasteiger partial charge on any atom is 0.0497 e. The first kappa shape index (κ1) is 8.27. The minimum Gasteiger partial charge on any atom is -0.292 e. The third kappa shape index (κ3) is 1.29. The van der Waals surface area contributed by atoms with Crippen molar-refractivity contribution in [3.05, 3.63) is 32.8 Å². The highest BCUT2D eigenvalue weighted by atomic mass is 79.9. The molecule has 1 aliphatic rings. The van der Waals surface area contributed by atoms with Crippen LogP contribution in [0.25, 0.3) is 0 Å². The second-order valence-corrected chi connectivity index (χ2v) is 3.97. The molecule has 2 rings (SSSR count). The van der Waals surface area contributed by atoms with Crippen molar-refractivity contribution in [3.63, 3.8) is 0 Å². The lowest BCUT2D eigenvalue weighted by Gasteiger charge is -2.12. The molecule has 0 fully saturated rings. The van der Waals surface area contributed by atoms with E-state index in [0.717, 1.165) is 28.0 Å². The van der Waals surface area contributed by atoms with E-state index in [4.69, 9.17) is 11.6 Å². The van der Waals surface area contributed by atoms with Crippen molar-refractivity contribution in [1.82, 2.24) is 0 Å².